The van der Waals surface area contributed by atoms with Crippen molar-refractivity contribution in [3.05, 3.63) is 12.2 Å². The van der Waals surface area contributed by atoms with E-state index in [4.69, 9.17) is 4.74 Å². The van der Waals surface area contributed by atoms with Crippen LogP contribution < -0.4 is 5.32 Å². The Bertz CT molecular complexity index is 156. The normalized spacial score (nSPS) is 21.4. The van der Waals surface area contributed by atoms with Crippen molar-refractivity contribution in [3.8, 4) is 0 Å². The average molecular weight is 197 g/mol. The van der Waals surface area contributed by atoms with E-state index >= 15 is 0 Å². The first-order chi connectivity index (χ1) is 6.93. The molecular formula is C12H23NO. The lowest BCUT2D eigenvalue weighted by Crippen LogP contribution is -2.25. The molecule has 0 saturated carbocycles. The van der Waals surface area contributed by atoms with Gasteiger partial charge in [-0.05, 0) is 51.6 Å². The minimum absolute atomic E-state index is 0.841. The zero-order valence-corrected chi connectivity index (χ0v) is 9.30. The molecule has 2 heteroatoms. The van der Waals surface area contributed by atoms with Gasteiger partial charge in [0.25, 0.3) is 0 Å². The molecule has 1 atom stereocenters. The van der Waals surface area contributed by atoms with Gasteiger partial charge < -0.3 is 10.1 Å². The molecule has 0 aromatic carbocycles. The van der Waals surface area contributed by atoms with Crippen LogP contribution in [-0.4, -0.2) is 26.3 Å². The summed E-state index contributed by atoms with van der Waals surface area (Å²) in [5, 5.41) is 3.50. The topological polar surface area (TPSA) is 21.3 Å². The molecule has 1 rings (SSSR count). The predicted octanol–water partition coefficient (Wildman–Crippen LogP) is 2.36. The molecule has 1 aliphatic carbocycles. The summed E-state index contributed by atoms with van der Waals surface area (Å²) in [7, 11) is 0. The van der Waals surface area contributed by atoms with Gasteiger partial charge >= 0.3 is 0 Å². The number of rotatable bonds is 7. The van der Waals surface area contributed by atoms with Crippen molar-refractivity contribution < 1.29 is 4.74 Å². The van der Waals surface area contributed by atoms with Crippen molar-refractivity contribution in [1.82, 2.24) is 5.32 Å². The van der Waals surface area contributed by atoms with Gasteiger partial charge in [0.2, 0.25) is 0 Å². The standard InChI is InChI=1S/C12H23NO/c1-2-14-10-6-9-13-11-12-7-4-3-5-8-12/h3-4,12-13H,2,5-11H2,1H3. The van der Waals surface area contributed by atoms with E-state index < -0.39 is 0 Å². The highest BCUT2D eigenvalue weighted by Crippen LogP contribution is 2.16. The number of allylic oxidation sites excluding steroid dienone is 2. The minimum Gasteiger partial charge on any atom is -0.382 e. The van der Waals surface area contributed by atoms with E-state index in [0.717, 1.165) is 32.1 Å². The molecule has 0 bridgehead atoms. The van der Waals surface area contributed by atoms with Crippen LogP contribution in [0.3, 0.4) is 0 Å². The number of nitrogens with one attached hydrogen (secondary N) is 1. The molecule has 0 amide bonds. The van der Waals surface area contributed by atoms with E-state index in [1.54, 1.807) is 0 Å². The first-order valence-corrected chi connectivity index (χ1v) is 5.87. The maximum Gasteiger partial charge on any atom is 0.0477 e. The summed E-state index contributed by atoms with van der Waals surface area (Å²) in [5.74, 6) is 0.868. The molecule has 0 aromatic rings. The fourth-order valence-electron chi connectivity index (χ4n) is 1.79. The zero-order chi connectivity index (χ0) is 10.1. The van der Waals surface area contributed by atoms with Crippen LogP contribution >= 0.6 is 0 Å². The monoisotopic (exact) mass is 197 g/mol. The van der Waals surface area contributed by atoms with Crippen molar-refractivity contribution in [3.63, 3.8) is 0 Å². The molecule has 1 N–H and O–H groups in total. The molecule has 82 valence electrons. The minimum atomic E-state index is 0.841. The van der Waals surface area contributed by atoms with Crippen molar-refractivity contribution in [1.29, 1.82) is 0 Å². The summed E-state index contributed by atoms with van der Waals surface area (Å²) in [4.78, 5) is 0. The van der Waals surface area contributed by atoms with E-state index in [-0.39, 0.29) is 0 Å². The van der Waals surface area contributed by atoms with E-state index in [0.29, 0.717) is 0 Å². The third kappa shape index (κ3) is 5.40. The van der Waals surface area contributed by atoms with Crippen LogP contribution in [0.1, 0.15) is 32.6 Å². The Morgan fingerprint density at radius 1 is 1.43 bits per heavy atom. The molecular weight excluding hydrogens is 174 g/mol. The highest BCUT2D eigenvalue weighted by atomic mass is 16.5. The maximum absolute atomic E-state index is 5.27. The largest absolute Gasteiger partial charge is 0.382 e. The molecule has 0 spiro atoms. The average Bonchev–Trinajstić information content (AvgIpc) is 2.25. The number of ether oxygens (including phenoxy) is 1. The number of hydrogen-bond acceptors (Lipinski definition) is 2. The van der Waals surface area contributed by atoms with Gasteiger partial charge in [-0.2, -0.15) is 0 Å². The van der Waals surface area contributed by atoms with Gasteiger partial charge in [-0.3, -0.25) is 0 Å². The van der Waals surface area contributed by atoms with Gasteiger partial charge in [0, 0.05) is 13.2 Å². The van der Waals surface area contributed by atoms with E-state index in [1.807, 2.05) is 6.92 Å². The van der Waals surface area contributed by atoms with Crippen LogP contribution in [0.5, 0.6) is 0 Å². The summed E-state index contributed by atoms with van der Waals surface area (Å²) in [6.07, 6.45) is 9.64. The molecule has 0 aromatic heterocycles. The first-order valence-electron chi connectivity index (χ1n) is 5.87. The molecule has 0 radical (unpaired) electrons. The van der Waals surface area contributed by atoms with E-state index in [1.165, 1.54) is 25.8 Å². The maximum atomic E-state index is 5.27. The molecule has 1 aliphatic rings. The third-order valence-electron chi connectivity index (χ3n) is 2.66. The second-order valence-corrected chi connectivity index (χ2v) is 3.91. The van der Waals surface area contributed by atoms with Crippen molar-refractivity contribution in [2.45, 2.75) is 32.6 Å². The fraction of sp³-hybridized carbons (Fsp3) is 0.833. The highest BCUT2D eigenvalue weighted by Gasteiger charge is 2.08. The van der Waals surface area contributed by atoms with Crippen LogP contribution in [0.25, 0.3) is 0 Å². The lowest BCUT2D eigenvalue weighted by Gasteiger charge is -2.17. The summed E-state index contributed by atoms with van der Waals surface area (Å²) >= 11 is 0. The van der Waals surface area contributed by atoms with Crippen LogP contribution in [0.15, 0.2) is 12.2 Å². The summed E-state index contributed by atoms with van der Waals surface area (Å²) < 4.78 is 5.27. The van der Waals surface area contributed by atoms with Gasteiger partial charge in [0.05, 0.1) is 0 Å². The Morgan fingerprint density at radius 2 is 2.36 bits per heavy atom. The molecule has 0 heterocycles. The van der Waals surface area contributed by atoms with E-state index in [9.17, 15) is 0 Å². The lowest BCUT2D eigenvalue weighted by atomic mass is 9.94. The molecule has 2 nitrogen and oxygen atoms in total. The van der Waals surface area contributed by atoms with Gasteiger partial charge in [-0.25, -0.2) is 0 Å². The Labute approximate surface area is 87.7 Å². The first kappa shape index (κ1) is 11.7. The zero-order valence-electron chi connectivity index (χ0n) is 9.30. The summed E-state index contributed by atoms with van der Waals surface area (Å²) in [5.41, 5.74) is 0. The smallest absolute Gasteiger partial charge is 0.0477 e. The Balaban J connectivity index is 1.86. The van der Waals surface area contributed by atoms with Crippen molar-refractivity contribution in [2.24, 2.45) is 5.92 Å². The predicted molar refractivity (Wildman–Crippen MR) is 60.5 cm³/mol. The Hall–Kier alpha value is -0.340. The number of hydrogen-bond donors (Lipinski definition) is 1. The van der Waals surface area contributed by atoms with Gasteiger partial charge in [-0.1, -0.05) is 12.2 Å². The Morgan fingerprint density at radius 3 is 3.07 bits per heavy atom. The molecule has 0 fully saturated rings. The second kappa shape index (κ2) is 8.01. The fourth-order valence-corrected chi connectivity index (χ4v) is 1.79. The van der Waals surface area contributed by atoms with Crippen LogP contribution in [0.2, 0.25) is 0 Å². The van der Waals surface area contributed by atoms with Gasteiger partial charge in [-0.15, -0.1) is 0 Å². The SMILES string of the molecule is CCOCCCNCC1CC=CCC1. The summed E-state index contributed by atoms with van der Waals surface area (Å²) in [6.45, 7) is 6.06. The highest BCUT2D eigenvalue weighted by molar-refractivity contribution is 4.90. The molecule has 1 unspecified atom stereocenters. The molecule has 0 saturated heterocycles. The van der Waals surface area contributed by atoms with Crippen LogP contribution in [0.4, 0.5) is 0 Å². The summed E-state index contributed by atoms with van der Waals surface area (Å²) in [6, 6.07) is 0. The van der Waals surface area contributed by atoms with Crippen LogP contribution in [-0.2, 0) is 4.74 Å². The Kier molecular flexibility index (Phi) is 6.71. The van der Waals surface area contributed by atoms with Crippen molar-refractivity contribution >= 4 is 0 Å². The lowest BCUT2D eigenvalue weighted by molar-refractivity contribution is 0.144. The quantitative estimate of drug-likeness (QED) is 0.500. The molecule has 14 heavy (non-hydrogen) atoms. The van der Waals surface area contributed by atoms with Crippen LogP contribution in [0, 0.1) is 5.92 Å². The van der Waals surface area contributed by atoms with Gasteiger partial charge in [0.1, 0.15) is 0 Å². The van der Waals surface area contributed by atoms with Gasteiger partial charge in [0.15, 0.2) is 0 Å². The molecule has 0 aliphatic heterocycles. The second-order valence-electron chi connectivity index (χ2n) is 3.91. The third-order valence-corrected chi connectivity index (χ3v) is 2.66. The van der Waals surface area contributed by atoms with E-state index in [2.05, 4.69) is 17.5 Å². The van der Waals surface area contributed by atoms with Crippen molar-refractivity contribution in [2.75, 3.05) is 26.3 Å².